The summed E-state index contributed by atoms with van der Waals surface area (Å²) in [5.41, 5.74) is 0.823. The summed E-state index contributed by atoms with van der Waals surface area (Å²) in [6, 6.07) is 9.70. The highest BCUT2D eigenvalue weighted by molar-refractivity contribution is 6.35. The molecule has 0 saturated heterocycles. The summed E-state index contributed by atoms with van der Waals surface area (Å²) in [5, 5.41) is 1.43. The molecule has 0 saturated carbocycles. The van der Waals surface area contributed by atoms with Gasteiger partial charge in [-0.2, -0.15) is 0 Å². The first-order valence-corrected chi connectivity index (χ1v) is 7.14. The van der Waals surface area contributed by atoms with E-state index in [1.165, 1.54) is 6.07 Å². The average molecular weight is 346 g/mol. The second-order valence-corrected chi connectivity index (χ2v) is 5.50. The van der Waals surface area contributed by atoms with Crippen molar-refractivity contribution in [3.05, 3.63) is 57.0 Å². The maximum Gasteiger partial charge on any atom is 0.349 e. The van der Waals surface area contributed by atoms with Gasteiger partial charge >= 0.3 is 5.97 Å². The van der Waals surface area contributed by atoms with Crippen molar-refractivity contribution in [2.24, 2.45) is 0 Å². The number of esters is 1. The molecule has 0 radical (unpaired) electrons. The van der Waals surface area contributed by atoms with Crippen LogP contribution in [-0.2, 0) is 4.79 Å². The molecule has 0 aliphatic heterocycles. The van der Waals surface area contributed by atoms with Gasteiger partial charge < -0.3 is 9.47 Å². The Kier molecular flexibility index (Phi) is 5.34. The SMILES string of the molecule is Cc1cc(OC(=O)COc2ccc(Cl)cc2Cl)ccc1Cl. The number of carbonyl (C=O) groups excluding carboxylic acids is 1. The molecule has 0 heterocycles. The molecule has 0 bridgehead atoms. The Balaban J connectivity index is 1.94. The van der Waals surface area contributed by atoms with E-state index in [-0.39, 0.29) is 6.61 Å². The highest BCUT2D eigenvalue weighted by Gasteiger charge is 2.09. The summed E-state index contributed by atoms with van der Waals surface area (Å²) in [4.78, 5) is 11.7. The molecule has 0 aliphatic carbocycles. The van der Waals surface area contributed by atoms with Crippen LogP contribution < -0.4 is 9.47 Å². The van der Waals surface area contributed by atoms with Gasteiger partial charge in [0, 0.05) is 10.0 Å². The third kappa shape index (κ3) is 4.53. The van der Waals surface area contributed by atoms with Crippen molar-refractivity contribution >= 4 is 40.8 Å². The van der Waals surface area contributed by atoms with Gasteiger partial charge in [-0.05, 0) is 48.9 Å². The van der Waals surface area contributed by atoms with Gasteiger partial charge in [0.1, 0.15) is 11.5 Å². The lowest BCUT2D eigenvalue weighted by Crippen LogP contribution is -2.17. The molecule has 21 heavy (non-hydrogen) atoms. The van der Waals surface area contributed by atoms with E-state index in [4.69, 9.17) is 44.3 Å². The van der Waals surface area contributed by atoms with Gasteiger partial charge in [0.05, 0.1) is 5.02 Å². The van der Waals surface area contributed by atoms with Gasteiger partial charge in [0.25, 0.3) is 0 Å². The molecule has 0 atom stereocenters. The highest BCUT2D eigenvalue weighted by atomic mass is 35.5. The van der Waals surface area contributed by atoms with Gasteiger partial charge in [-0.1, -0.05) is 34.8 Å². The van der Waals surface area contributed by atoms with Crippen LogP contribution in [0.25, 0.3) is 0 Å². The summed E-state index contributed by atoms with van der Waals surface area (Å²) in [6.45, 7) is 1.56. The first-order valence-electron chi connectivity index (χ1n) is 6.00. The second kappa shape index (κ2) is 7.03. The number of hydrogen-bond acceptors (Lipinski definition) is 3. The zero-order chi connectivity index (χ0) is 15.4. The van der Waals surface area contributed by atoms with E-state index in [9.17, 15) is 4.79 Å². The lowest BCUT2D eigenvalue weighted by atomic mass is 10.2. The fraction of sp³-hybridized carbons (Fsp3) is 0.133. The summed E-state index contributed by atoms with van der Waals surface area (Å²) >= 11 is 17.6. The van der Waals surface area contributed by atoms with E-state index in [0.717, 1.165) is 5.56 Å². The first kappa shape index (κ1) is 16.0. The van der Waals surface area contributed by atoms with Crippen LogP contribution in [0.5, 0.6) is 11.5 Å². The van der Waals surface area contributed by atoms with Crippen molar-refractivity contribution in [1.82, 2.24) is 0 Å². The van der Waals surface area contributed by atoms with Crippen molar-refractivity contribution < 1.29 is 14.3 Å². The quantitative estimate of drug-likeness (QED) is 0.581. The van der Waals surface area contributed by atoms with Crippen LogP contribution in [0.15, 0.2) is 36.4 Å². The van der Waals surface area contributed by atoms with Crippen LogP contribution in [0.2, 0.25) is 15.1 Å². The predicted molar refractivity (Wildman–Crippen MR) is 83.8 cm³/mol. The number of carbonyl (C=O) groups is 1. The van der Waals surface area contributed by atoms with E-state index in [2.05, 4.69) is 0 Å². The van der Waals surface area contributed by atoms with Crippen molar-refractivity contribution in [3.8, 4) is 11.5 Å². The fourth-order valence-corrected chi connectivity index (χ4v) is 2.15. The number of benzene rings is 2. The Morgan fingerprint density at radius 3 is 2.48 bits per heavy atom. The largest absolute Gasteiger partial charge is 0.480 e. The van der Waals surface area contributed by atoms with Gasteiger partial charge in [-0.3, -0.25) is 0 Å². The summed E-state index contributed by atoms with van der Waals surface area (Å²) in [5.74, 6) is 0.237. The van der Waals surface area contributed by atoms with E-state index in [1.807, 2.05) is 6.92 Å². The number of ether oxygens (including phenoxy) is 2. The maximum atomic E-state index is 11.7. The summed E-state index contributed by atoms with van der Waals surface area (Å²) in [7, 11) is 0. The van der Waals surface area contributed by atoms with Gasteiger partial charge in [-0.15, -0.1) is 0 Å². The molecule has 0 N–H and O–H groups in total. The van der Waals surface area contributed by atoms with Crippen LogP contribution in [0, 0.1) is 6.92 Å². The normalized spacial score (nSPS) is 10.3. The molecule has 0 aromatic heterocycles. The minimum Gasteiger partial charge on any atom is -0.480 e. The molecule has 2 aromatic carbocycles. The van der Waals surface area contributed by atoms with Gasteiger partial charge in [-0.25, -0.2) is 4.79 Å². The summed E-state index contributed by atoms with van der Waals surface area (Å²) in [6.07, 6.45) is 0. The van der Waals surface area contributed by atoms with Crippen molar-refractivity contribution in [3.63, 3.8) is 0 Å². The smallest absolute Gasteiger partial charge is 0.349 e. The molecule has 0 amide bonds. The molecule has 2 rings (SSSR count). The molecule has 0 aliphatic rings. The fourth-order valence-electron chi connectivity index (χ4n) is 1.57. The highest BCUT2D eigenvalue weighted by Crippen LogP contribution is 2.27. The molecule has 0 spiro atoms. The van der Waals surface area contributed by atoms with Gasteiger partial charge in [0.15, 0.2) is 6.61 Å². The van der Waals surface area contributed by atoms with E-state index < -0.39 is 5.97 Å². The standard InChI is InChI=1S/C15H11Cl3O3/c1-9-6-11(3-4-12(9)17)21-15(19)8-20-14-5-2-10(16)7-13(14)18/h2-7H,8H2,1H3. The first-order chi connectivity index (χ1) is 9.95. The minimum absolute atomic E-state index is 0.261. The Bertz CT molecular complexity index is 671. The predicted octanol–water partition coefficient (Wildman–Crippen LogP) is 4.94. The van der Waals surface area contributed by atoms with Crippen LogP contribution in [0.4, 0.5) is 0 Å². The maximum absolute atomic E-state index is 11.7. The van der Waals surface area contributed by atoms with Crippen LogP contribution >= 0.6 is 34.8 Å². The van der Waals surface area contributed by atoms with Crippen molar-refractivity contribution in [2.45, 2.75) is 6.92 Å². The Labute approximate surface area is 137 Å². The Hall–Kier alpha value is -1.42. The van der Waals surface area contributed by atoms with Crippen LogP contribution in [-0.4, -0.2) is 12.6 Å². The molecule has 2 aromatic rings. The molecule has 0 fully saturated rings. The Morgan fingerprint density at radius 2 is 1.81 bits per heavy atom. The molecular weight excluding hydrogens is 335 g/mol. The Morgan fingerprint density at radius 1 is 1.05 bits per heavy atom. The zero-order valence-corrected chi connectivity index (χ0v) is 13.3. The van der Waals surface area contributed by atoms with E-state index in [0.29, 0.717) is 26.6 Å². The third-order valence-electron chi connectivity index (χ3n) is 2.60. The molecular formula is C15H11Cl3O3. The van der Waals surface area contributed by atoms with Crippen LogP contribution in [0.1, 0.15) is 5.56 Å². The average Bonchev–Trinajstić information content (AvgIpc) is 2.42. The van der Waals surface area contributed by atoms with E-state index in [1.54, 1.807) is 30.3 Å². The lowest BCUT2D eigenvalue weighted by Gasteiger charge is -2.09. The molecule has 110 valence electrons. The monoisotopic (exact) mass is 344 g/mol. The topological polar surface area (TPSA) is 35.5 Å². The number of aryl methyl sites for hydroxylation is 1. The molecule has 6 heteroatoms. The second-order valence-electron chi connectivity index (χ2n) is 4.25. The van der Waals surface area contributed by atoms with Crippen molar-refractivity contribution in [1.29, 1.82) is 0 Å². The molecule has 0 unspecified atom stereocenters. The van der Waals surface area contributed by atoms with Crippen molar-refractivity contribution in [2.75, 3.05) is 6.61 Å². The van der Waals surface area contributed by atoms with E-state index >= 15 is 0 Å². The number of hydrogen-bond donors (Lipinski definition) is 0. The minimum atomic E-state index is -0.539. The summed E-state index contributed by atoms with van der Waals surface area (Å²) < 4.78 is 10.4. The molecule has 3 nitrogen and oxygen atoms in total. The number of halogens is 3. The van der Waals surface area contributed by atoms with Crippen LogP contribution in [0.3, 0.4) is 0 Å². The van der Waals surface area contributed by atoms with Gasteiger partial charge in [0.2, 0.25) is 0 Å². The number of rotatable bonds is 4. The lowest BCUT2D eigenvalue weighted by molar-refractivity contribution is -0.136. The third-order valence-corrected chi connectivity index (χ3v) is 3.56. The zero-order valence-electron chi connectivity index (χ0n) is 11.0.